The second kappa shape index (κ2) is 13.2. The Hall–Kier alpha value is -3.63. The number of halogens is 2. The van der Waals surface area contributed by atoms with Crippen molar-refractivity contribution >= 4 is 23.2 Å². The van der Waals surface area contributed by atoms with Gasteiger partial charge in [0.1, 0.15) is 11.5 Å². The van der Waals surface area contributed by atoms with Crippen LogP contribution in [0.5, 0.6) is 23.3 Å². The molecule has 0 aliphatic carbocycles. The zero-order chi connectivity index (χ0) is 24.2. The molecule has 0 bridgehead atoms. The fraction of sp³-hybridized carbons (Fsp3) is 0.115. The van der Waals surface area contributed by atoms with Crippen molar-refractivity contribution in [2.75, 3.05) is 6.54 Å². The van der Waals surface area contributed by atoms with Gasteiger partial charge in [0.25, 0.3) is 0 Å². The van der Waals surface area contributed by atoms with Gasteiger partial charge in [0, 0.05) is 36.0 Å². The van der Waals surface area contributed by atoms with E-state index >= 15 is 0 Å². The molecule has 0 atom stereocenters. The van der Waals surface area contributed by atoms with Crippen molar-refractivity contribution in [2.24, 2.45) is 5.73 Å². The molecule has 0 aliphatic heterocycles. The highest BCUT2D eigenvalue weighted by atomic mass is 35.5. The Morgan fingerprint density at radius 2 is 1.21 bits per heavy atom. The average Bonchev–Trinajstić information content (AvgIpc) is 2.85. The smallest absolute Gasteiger partial charge is 0.219 e. The molecule has 6 nitrogen and oxygen atoms in total. The summed E-state index contributed by atoms with van der Waals surface area (Å²) in [6.07, 6.45) is 4.59. The molecule has 4 aromatic rings. The predicted octanol–water partition coefficient (Wildman–Crippen LogP) is 6.87. The molecule has 2 aromatic carbocycles. The van der Waals surface area contributed by atoms with Gasteiger partial charge in [0.05, 0.1) is 12.5 Å². The molecule has 174 valence electrons. The lowest BCUT2D eigenvalue weighted by Crippen LogP contribution is -2.02. The summed E-state index contributed by atoms with van der Waals surface area (Å²) in [7, 11) is 0. The lowest BCUT2D eigenvalue weighted by atomic mass is 10.2. The minimum atomic E-state index is 0. The van der Waals surface area contributed by atoms with Gasteiger partial charge in [0.15, 0.2) is 0 Å². The van der Waals surface area contributed by atoms with Crippen LogP contribution >= 0.6 is 23.2 Å². The van der Waals surface area contributed by atoms with E-state index in [1.807, 2.05) is 18.2 Å². The Labute approximate surface area is 210 Å². The third kappa shape index (κ3) is 8.38. The topological polar surface area (TPSA) is 94.0 Å². The van der Waals surface area contributed by atoms with Gasteiger partial charge >= 0.3 is 0 Å². The standard InChI is InChI=1S/C13H13ClN2O.C13H9ClN2O.H2/c2*14-11-2-4-12(5-3-11)17-13-6-1-10(7-8-15)9-16-13;/h1-6,9H,7-8,15H2;1-6,9H,7H2;1H. The molecular formula is C26H24Cl2N4O2. The number of pyridine rings is 2. The highest BCUT2D eigenvalue weighted by molar-refractivity contribution is 6.30. The summed E-state index contributed by atoms with van der Waals surface area (Å²) in [5, 5.41) is 9.87. The van der Waals surface area contributed by atoms with E-state index in [-0.39, 0.29) is 1.43 Å². The first kappa shape index (κ1) is 25.0. The van der Waals surface area contributed by atoms with Crippen LogP contribution in [0.4, 0.5) is 0 Å². The molecule has 2 N–H and O–H groups in total. The highest BCUT2D eigenvalue weighted by Crippen LogP contribution is 2.22. The van der Waals surface area contributed by atoms with Crippen LogP contribution in [0.2, 0.25) is 10.0 Å². The van der Waals surface area contributed by atoms with Crippen LogP contribution in [0.3, 0.4) is 0 Å². The van der Waals surface area contributed by atoms with Gasteiger partial charge in [0.2, 0.25) is 11.8 Å². The molecule has 0 saturated carbocycles. The van der Waals surface area contributed by atoms with Crippen LogP contribution in [0.15, 0.2) is 85.2 Å². The monoisotopic (exact) mass is 494 g/mol. The molecule has 0 radical (unpaired) electrons. The van der Waals surface area contributed by atoms with Crippen molar-refractivity contribution in [3.63, 3.8) is 0 Å². The molecule has 2 heterocycles. The number of nitrogens with zero attached hydrogens (tertiary/aromatic N) is 3. The van der Waals surface area contributed by atoms with Crippen molar-refractivity contribution in [1.29, 1.82) is 5.26 Å². The molecule has 34 heavy (non-hydrogen) atoms. The lowest BCUT2D eigenvalue weighted by Gasteiger charge is -2.05. The molecule has 0 spiro atoms. The van der Waals surface area contributed by atoms with E-state index in [2.05, 4.69) is 16.0 Å². The summed E-state index contributed by atoms with van der Waals surface area (Å²) in [6.45, 7) is 0.624. The first-order valence-corrected chi connectivity index (χ1v) is 11.1. The number of nitrogens with two attached hydrogens (primary N) is 1. The summed E-state index contributed by atoms with van der Waals surface area (Å²) in [6, 6.07) is 23.6. The normalized spacial score (nSPS) is 9.94. The molecule has 0 aliphatic rings. The molecule has 0 unspecified atom stereocenters. The predicted molar refractivity (Wildman–Crippen MR) is 136 cm³/mol. The Balaban J connectivity index is 0.000000240. The Kier molecular flexibility index (Phi) is 9.68. The number of aromatic nitrogens is 2. The largest absolute Gasteiger partial charge is 0.439 e. The third-order valence-electron chi connectivity index (χ3n) is 4.38. The molecule has 2 aromatic heterocycles. The number of hydrogen-bond acceptors (Lipinski definition) is 6. The maximum absolute atomic E-state index is 8.53. The van der Waals surface area contributed by atoms with E-state index in [0.717, 1.165) is 17.5 Å². The first-order chi connectivity index (χ1) is 16.6. The zero-order valence-corrected chi connectivity index (χ0v) is 19.7. The number of nitriles is 1. The van der Waals surface area contributed by atoms with E-state index in [9.17, 15) is 0 Å². The minimum Gasteiger partial charge on any atom is -0.439 e. The summed E-state index contributed by atoms with van der Waals surface area (Å²) in [4.78, 5) is 8.31. The minimum absolute atomic E-state index is 0. The quantitative estimate of drug-likeness (QED) is 0.301. The van der Waals surface area contributed by atoms with Gasteiger partial charge in [-0.2, -0.15) is 5.26 Å². The maximum atomic E-state index is 8.53. The van der Waals surface area contributed by atoms with E-state index in [1.165, 1.54) is 0 Å². The van der Waals surface area contributed by atoms with Crippen molar-refractivity contribution < 1.29 is 10.9 Å². The SMILES string of the molecule is N#CCc1ccc(Oc2ccc(Cl)cc2)nc1.NCCc1ccc(Oc2ccc(Cl)cc2)nc1.[HH]. The second-order valence-electron chi connectivity index (χ2n) is 6.99. The molecule has 0 saturated heterocycles. The van der Waals surface area contributed by atoms with E-state index in [1.54, 1.807) is 67.0 Å². The van der Waals surface area contributed by atoms with Gasteiger partial charge < -0.3 is 15.2 Å². The van der Waals surface area contributed by atoms with Crippen LogP contribution in [0.1, 0.15) is 12.6 Å². The van der Waals surface area contributed by atoms with Crippen LogP contribution < -0.4 is 15.2 Å². The van der Waals surface area contributed by atoms with Crippen LogP contribution in [-0.2, 0) is 12.8 Å². The summed E-state index contributed by atoms with van der Waals surface area (Å²) < 4.78 is 11.1. The molecule has 8 heteroatoms. The average molecular weight is 495 g/mol. The van der Waals surface area contributed by atoms with Crippen LogP contribution in [0, 0.1) is 11.3 Å². The van der Waals surface area contributed by atoms with Crippen molar-refractivity contribution in [2.45, 2.75) is 12.8 Å². The van der Waals surface area contributed by atoms with Gasteiger partial charge in [-0.25, -0.2) is 9.97 Å². The van der Waals surface area contributed by atoms with Gasteiger partial charge in [-0.05, 0) is 72.6 Å². The Morgan fingerprint density at radius 1 is 0.735 bits per heavy atom. The Morgan fingerprint density at radius 3 is 1.59 bits per heavy atom. The number of rotatable bonds is 7. The first-order valence-electron chi connectivity index (χ1n) is 10.4. The fourth-order valence-electron chi connectivity index (χ4n) is 2.70. The summed E-state index contributed by atoms with van der Waals surface area (Å²) >= 11 is 11.6. The number of benzene rings is 2. The third-order valence-corrected chi connectivity index (χ3v) is 4.89. The molecular weight excluding hydrogens is 471 g/mol. The van der Waals surface area contributed by atoms with Crippen molar-refractivity contribution in [3.8, 4) is 29.3 Å². The zero-order valence-electron chi connectivity index (χ0n) is 18.2. The lowest BCUT2D eigenvalue weighted by molar-refractivity contribution is 0.462. The van der Waals surface area contributed by atoms with E-state index in [0.29, 0.717) is 46.3 Å². The van der Waals surface area contributed by atoms with Crippen LogP contribution in [-0.4, -0.2) is 16.5 Å². The molecule has 4 rings (SSSR count). The highest BCUT2D eigenvalue weighted by Gasteiger charge is 2.00. The van der Waals surface area contributed by atoms with Gasteiger partial charge in [-0.1, -0.05) is 35.3 Å². The molecule has 0 fully saturated rings. The molecule has 0 amide bonds. The van der Waals surface area contributed by atoms with Crippen LogP contribution in [0.25, 0.3) is 0 Å². The Bertz CT molecular complexity index is 1200. The van der Waals surface area contributed by atoms with E-state index in [4.69, 9.17) is 43.7 Å². The second-order valence-corrected chi connectivity index (χ2v) is 7.87. The van der Waals surface area contributed by atoms with Crippen molar-refractivity contribution in [3.05, 3.63) is 106 Å². The fourth-order valence-corrected chi connectivity index (χ4v) is 2.95. The maximum Gasteiger partial charge on any atom is 0.219 e. The van der Waals surface area contributed by atoms with E-state index < -0.39 is 0 Å². The van der Waals surface area contributed by atoms with Gasteiger partial charge in [-0.15, -0.1) is 0 Å². The van der Waals surface area contributed by atoms with Gasteiger partial charge in [-0.3, -0.25) is 0 Å². The van der Waals surface area contributed by atoms with Crippen molar-refractivity contribution in [1.82, 2.24) is 9.97 Å². The number of hydrogen-bond donors (Lipinski definition) is 1. The summed E-state index contributed by atoms with van der Waals surface area (Å²) in [5.41, 5.74) is 7.44. The number of ether oxygens (including phenoxy) is 2. The summed E-state index contributed by atoms with van der Waals surface area (Å²) in [5.74, 6) is 2.45.